The monoisotopic (exact) mass is 272 g/mol. The van der Waals surface area contributed by atoms with Crippen LogP contribution in [0.4, 0.5) is 0 Å². The number of hydrogen-bond acceptors (Lipinski definition) is 2. The number of amides is 1. The van der Waals surface area contributed by atoms with E-state index in [1.54, 1.807) is 4.90 Å². The molecule has 0 atom stereocenters. The highest BCUT2D eigenvalue weighted by molar-refractivity contribution is 5.75. The number of likely N-dealkylation sites (tertiary alicyclic amines) is 1. The molecule has 0 aromatic carbocycles. The zero-order valence-electron chi connectivity index (χ0n) is 14.3. The van der Waals surface area contributed by atoms with Crippen LogP contribution in [0.3, 0.4) is 0 Å². The van der Waals surface area contributed by atoms with E-state index in [2.05, 4.69) is 11.8 Å². The topological polar surface area (TPSA) is 23.6 Å². The number of carbonyl (C=O) groups excluding carboxylic acids is 1. The van der Waals surface area contributed by atoms with Crippen LogP contribution in [-0.4, -0.2) is 49.4 Å². The van der Waals surface area contributed by atoms with Crippen molar-refractivity contribution in [2.75, 3.05) is 33.7 Å². The number of hydrogen-bond donors (Lipinski definition) is 0. The second-order valence-corrected chi connectivity index (χ2v) is 4.92. The van der Waals surface area contributed by atoms with E-state index < -0.39 is 0 Å². The molecule has 1 rings (SSSR count). The van der Waals surface area contributed by atoms with Crippen LogP contribution < -0.4 is 0 Å². The van der Waals surface area contributed by atoms with E-state index in [1.807, 2.05) is 41.8 Å². The lowest BCUT2D eigenvalue weighted by Gasteiger charge is -2.30. The summed E-state index contributed by atoms with van der Waals surface area (Å²) < 4.78 is 0. The van der Waals surface area contributed by atoms with Gasteiger partial charge in [-0.1, -0.05) is 34.6 Å². The fourth-order valence-electron chi connectivity index (χ4n) is 1.96. The summed E-state index contributed by atoms with van der Waals surface area (Å²) in [5.74, 6) is 1.14. The number of carbonyl (C=O) groups is 1. The smallest absolute Gasteiger partial charge is 0.222 e. The number of piperidine rings is 1. The Morgan fingerprint density at radius 3 is 2.00 bits per heavy atom. The van der Waals surface area contributed by atoms with Crippen molar-refractivity contribution in [1.29, 1.82) is 0 Å². The molecule has 1 heterocycles. The average molecular weight is 272 g/mol. The molecule has 0 unspecified atom stereocenters. The highest BCUT2D eigenvalue weighted by Crippen LogP contribution is 2.16. The standard InChI is InChI=1S/C12H24N2O.2C2H6/c1-11-6-9-14(10-7-11)8-4-5-12(15)13(2)3;2*1-2/h11H,4-10H2,1-3H3;2*1-2H3. The number of rotatable bonds is 4. The molecule has 1 saturated heterocycles. The molecule has 0 saturated carbocycles. The van der Waals surface area contributed by atoms with Gasteiger partial charge in [-0.3, -0.25) is 4.79 Å². The second-order valence-electron chi connectivity index (χ2n) is 4.92. The first-order chi connectivity index (χ1) is 9.09. The molecule has 0 radical (unpaired) electrons. The minimum Gasteiger partial charge on any atom is -0.349 e. The highest BCUT2D eigenvalue weighted by atomic mass is 16.2. The maximum atomic E-state index is 11.3. The Hall–Kier alpha value is -0.570. The summed E-state index contributed by atoms with van der Waals surface area (Å²) in [5.41, 5.74) is 0. The fraction of sp³-hybridized carbons (Fsp3) is 0.938. The third kappa shape index (κ3) is 11.0. The maximum absolute atomic E-state index is 11.3. The molecule has 3 nitrogen and oxygen atoms in total. The van der Waals surface area contributed by atoms with Crippen LogP contribution in [0.5, 0.6) is 0 Å². The summed E-state index contributed by atoms with van der Waals surface area (Å²) in [6.07, 6.45) is 4.34. The molecule has 0 spiro atoms. The molecule has 3 heteroatoms. The Bertz CT molecular complexity index is 197. The van der Waals surface area contributed by atoms with Gasteiger partial charge >= 0.3 is 0 Å². The van der Waals surface area contributed by atoms with Gasteiger partial charge in [-0.2, -0.15) is 0 Å². The Balaban J connectivity index is 0. The van der Waals surface area contributed by atoms with Gasteiger partial charge in [0.2, 0.25) is 5.91 Å². The quantitative estimate of drug-likeness (QED) is 0.780. The summed E-state index contributed by atoms with van der Waals surface area (Å²) in [7, 11) is 3.65. The molecule has 1 aliphatic rings. The van der Waals surface area contributed by atoms with E-state index in [0.29, 0.717) is 6.42 Å². The first-order valence-electron chi connectivity index (χ1n) is 8.02. The molecule has 0 aromatic rings. The van der Waals surface area contributed by atoms with Crippen LogP contribution in [0.15, 0.2) is 0 Å². The van der Waals surface area contributed by atoms with E-state index in [9.17, 15) is 4.79 Å². The van der Waals surface area contributed by atoms with E-state index in [-0.39, 0.29) is 5.91 Å². The Labute approximate surface area is 121 Å². The first-order valence-corrected chi connectivity index (χ1v) is 8.02. The summed E-state index contributed by atoms with van der Waals surface area (Å²) in [6.45, 7) is 13.9. The van der Waals surface area contributed by atoms with Crippen LogP contribution in [0.25, 0.3) is 0 Å². The molecule has 0 bridgehead atoms. The molecule has 0 N–H and O–H groups in total. The van der Waals surface area contributed by atoms with E-state index >= 15 is 0 Å². The lowest BCUT2D eigenvalue weighted by Crippen LogP contribution is -2.34. The van der Waals surface area contributed by atoms with Crippen LogP contribution in [0, 0.1) is 5.92 Å². The van der Waals surface area contributed by atoms with Gasteiger partial charge in [0.25, 0.3) is 0 Å². The third-order valence-corrected chi connectivity index (χ3v) is 3.24. The molecular weight excluding hydrogens is 236 g/mol. The normalized spacial score (nSPS) is 15.7. The van der Waals surface area contributed by atoms with Gasteiger partial charge in [0.1, 0.15) is 0 Å². The van der Waals surface area contributed by atoms with Crippen molar-refractivity contribution >= 4 is 5.91 Å². The summed E-state index contributed by atoms with van der Waals surface area (Å²) in [4.78, 5) is 15.5. The van der Waals surface area contributed by atoms with Crippen molar-refractivity contribution in [2.24, 2.45) is 5.92 Å². The zero-order valence-corrected chi connectivity index (χ0v) is 14.3. The predicted octanol–water partition coefficient (Wildman–Crippen LogP) is 3.64. The highest BCUT2D eigenvalue weighted by Gasteiger charge is 2.15. The minimum absolute atomic E-state index is 0.250. The van der Waals surface area contributed by atoms with Gasteiger partial charge < -0.3 is 9.80 Å². The van der Waals surface area contributed by atoms with E-state index in [0.717, 1.165) is 18.9 Å². The molecule has 1 amide bonds. The molecule has 1 fully saturated rings. The molecule has 116 valence electrons. The minimum atomic E-state index is 0.250. The lowest BCUT2D eigenvalue weighted by atomic mass is 9.99. The van der Waals surface area contributed by atoms with Gasteiger partial charge in [-0.15, -0.1) is 0 Å². The van der Waals surface area contributed by atoms with Crippen molar-refractivity contribution in [1.82, 2.24) is 9.80 Å². The van der Waals surface area contributed by atoms with Crippen LogP contribution in [0.1, 0.15) is 60.3 Å². The molecule has 0 aliphatic carbocycles. The van der Waals surface area contributed by atoms with Crippen molar-refractivity contribution in [2.45, 2.75) is 60.3 Å². The Kier molecular flexibility index (Phi) is 15.1. The molecular formula is C16H36N2O. The van der Waals surface area contributed by atoms with Crippen molar-refractivity contribution in [3.8, 4) is 0 Å². The van der Waals surface area contributed by atoms with Crippen molar-refractivity contribution < 1.29 is 4.79 Å². The van der Waals surface area contributed by atoms with Crippen LogP contribution in [-0.2, 0) is 4.79 Å². The Morgan fingerprint density at radius 1 is 1.11 bits per heavy atom. The van der Waals surface area contributed by atoms with Crippen LogP contribution in [0.2, 0.25) is 0 Å². The fourth-order valence-corrected chi connectivity index (χ4v) is 1.96. The zero-order chi connectivity index (χ0) is 15.3. The maximum Gasteiger partial charge on any atom is 0.222 e. The largest absolute Gasteiger partial charge is 0.349 e. The van der Waals surface area contributed by atoms with Gasteiger partial charge in [-0.05, 0) is 44.8 Å². The average Bonchev–Trinajstić information content (AvgIpc) is 2.45. The van der Waals surface area contributed by atoms with E-state index in [4.69, 9.17) is 0 Å². The molecule has 0 aromatic heterocycles. The predicted molar refractivity (Wildman–Crippen MR) is 85.5 cm³/mol. The van der Waals surface area contributed by atoms with Gasteiger partial charge in [0.05, 0.1) is 0 Å². The van der Waals surface area contributed by atoms with Crippen molar-refractivity contribution in [3.05, 3.63) is 0 Å². The van der Waals surface area contributed by atoms with Crippen molar-refractivity contribution in [3.63, 3.8) is 0 Å². The van der Waals surface area contributed by atoms with Gasteiger partial charge in [-0.25, -0.2) is 0 Å². The summed E-state index contributed by atoms with van der Waals surface area (Å²) in [5, 5.41) is 0. The van der Waals surface area contributed by atoms with E-state index in [1.165, 1.54) is 25.9 Å². The lowest BCUT2D eigenvalue weighted by molar-refractivity contribution is -0.128. The van der Waals surface area contributed by atoms with Crippen LogP contribution >= 0.6 is 0 Å². The molecule has 1 aliphatic heterocycles. The van der Waals surface area contributed by atoms with Gasteiger partial charge in [0, 0.05) is 20.5 Å². The SMILES string of the molecule is CC.CC.CC1CCN(CCCC(=O)N(C)C)CC1. The Morgan fingerprint density at radius 2 is 1.58 bits per heavy atom. The first kappa shape index (κ1) is 20.7. The summed E-state index contributed by atoms with van der Waals surface area (Å²) in [6, 6.07) is 0. The number of nitrogens with zero attached hydrogens (tertiary/aromatic N) is 2. The molecule has 19 heavy (non-hydrogen) atoms. The third-order valence-electron chi connectivity index (χ3n) is 3.24. The van der Waals surface area contributed by atoms with Gasteiger partial charge in [0.15, 0.2) is 0 Å². The second kappa shape index (κ2) is 13.9. The summed E-state index contributed by atoms with van der Waals surface area (Å²) >= 11 is 0.